The third-order valence-corrected chi connectivity index (χ3v) is 1.58. The van der Waals surface area contributed by atoms with Crippen LogP contribution in [0.15, 0.2) is 0 Å². The normalized spacial score (nSPS) is 18.1. The van der Waals surface area contributed by atoms with Gasteiger partial charge in [-0.3, -0.25) is 4.79 Å². The first kappa shape index (κ1) is 8.57. The molecule has 2 nitrogen and oxygen atoms in total. The molecule has 0 bridgehead atoms. The van der Waals surface area contributed by atoms with Gasteiger partial charge in [0.1, 0.15) is 0 Å². The lowest BCUT2D eigenvalue weighted by Gasteiger charge is -2.16. The van der Waals surface area contributed by atoms with Gasteiger partial charge in [0.2, 0.25) is 5.91 Å². The molecular weight excluding hydrogens is 138 g/mol. The molecule has 0 saturated heterocycles. The maximum atomic E-state index is 11.2. The molecule has 0 aromatic heterocycles. The molecule has 2 heteroatoms. The second-order valence-electron chi connectivity index (χ2n) is 4.18. The predicted molar refractivity (Wildman–Crippen MR) is 44.9 cm³/mol. The van der Waals surface area contributed by atoms with Gasteiger partial charge < -0.3 is 5.32 Å². The molecule has 1 saturated carbocycles. The summed E-state index contributed by atoms with van der Waals surface area (Å²) in [6, 6.07) is 0.477. The molecule has 1 fully saturated rings. The monoisotopic (exact) mass is 154 g/mol. The van der Waals surface area contributed by atoms with Gasteiger partial charge in [-0.05, 0) is 25.2 Å². The van der Waals surface area contributed by atoms with Crippen LogP contribution >= 0.6 is 0 Å². The summed E-state index contributed by atoms with van der Waals surface area (Å²) in [7, 11) is 0. The first-order chi connectivity index (χ1) is 4.97. The van der Waals surface area contributed by atoms with Crippen molar-refractivity contribution < 1.29 is 4.79 Å². The summed E-state index contributed by atoms with van der Waals surface area (Å²) in [6.45, 7) is 7.82. The first-order valence-corrected chi connectivity index (χ1v) is 4.12. The Morgan fingerprint density at radius 2 is 2.18 bits per heavy atom. The fraction of sp³-hybridized carbons (Fsp3) is 0.778. The van der Waals surface area contributed by atoms with E-state index in [2.05, 4.69) is 12.2 Å². The third kappa shape index (κ3) is 4.02. The van der Waals surface area contributed by atoms with Crippen molar-refractivity contribution in [2.75, 3.05) is 0 Å². The van der Waals surface area contributed by atoms with Crippen molar-refractivity contribution >= 4 is 5.91 Å². The second kappa shape index (κ2) is 2.84. The minimum Gasteiger partial charge on any atom is -0.353 e. The van der Waals surface area contributed by atoms with Crippen LogP contribution in [-0.4, -0.2) is 11.9 Å². The molecular formula is C9H16NO. The fourth-order valence-corrected chi connectivity index (χ4v) is 0.941. The summed E-state index contributed by atoms with van der Waals surface area (Å²) in [4.78, 5) is 11.2. The zero-order chi connectivity index (χ0) is 8.48. The molecule has 0 atom stereocenters. The molecule has 1 radical (unpaired) electrons. The molecule has 0 aromatic carbocycles. The molecule has 0 aromatic rings. The molecule has 0 heterocycles. The van der Waals surface area contributed by atoms with Crippen molar-refractivity contribution in [2.24, 2.45) is 5.41 Å². The van der Waals surface area contributed by atoms with Gasteiger partial charge >= 0.3 is 0 Å². The molecule has 1 aliphatic rings. The van der Waals surface area contributed by atoms with Gasteiger partial charge in [0.15, 0.2) is 0 Å². The number of amides is 1. The van der Waals surface area contributed by atoms with Crippen LogP contribution in [0, 0.1) is 12.3 Å². The number of nitrogens with one attached hydrogen (secondary N) is 1. The summed E-state index contributed by atoms with van der Waals surface area (Å²) in [6.07, 6.45) is 2.84. The van der Waals surface area contributed by atoms with Gasteiger partial charge in [-0.2, -0.15) is 0 Å². The average Bonchev–Trinajstić information content (AvgIpc) is 2.42. The van der Waals surface area contributed by atoms with Crippen LogP contribution in [0.4, 0.5) is 0 Å². The Balaban J connectivity index is 2.19. The molecule has 1 rings (SSSR count). The van der Waals surface area contributed by atoms with Gasteiger partial charge in [0.05, 0.1) is 0 Å². The topological polar surface area (TPSA) is 29.1 Å². The summed E-state index contributed by atoms with van der Waals surface area (Å²) in [5, 5.41) is 2.93. The number of carbonyl (C=O) groups excluding carboxylic acids is 1. The molecule has 0 aliphatic heterocycles. The molecule has 63 valence electrons. The summed E-state index contributed by atoms with van der Waals surface area (Å²) < 4.78 is 0. The van der Waals surface area contributed by atoms with E-state index in [9.17, 15) is 4.79 Å². The predicted octanol–water partition coefficient (Wildman–Crippen LogP) is 1.52. The van der Waals surface area contributed by atoms with Crippen molar-refractivity contribution in [3.05, 3.63) is 6.92 Å². The number of hydrogen-bond acceptors (Lipinski definition) is 1. The van der Waals surface area contributed by atoms with E-state index in [-0.39, 0.29) is 11.3 Å². The standard InChI is InChI=1S/C9H16NO/c1-9(2,3)6-8(11)10-7-4-5-7/h7H,1,4-6H2,2-3H3,(H,10,11). The van der Waals surface area contributed by atoms with Crippen molar-refractivity contribution in [3.8, 4) is 0 Å². The molecule has 1 aliphatic carbocycles. The Hall–Kier alpha value is -0.530. The van der Waals surface area contributed by atoms with Crippen LogP contribution in [0.3, 0.4) is 0 Å². The molecule has 11 heavy (non-hydrogen) atoms. The van der Waals surface area contributed by atoms with Crippen LogP contribution in [-0.2, 0) is 4.79 Å². The number of carbonyl (C=O) groups is 1. The van der Waals surface area contributed by atoms with E-state index in [1.807, 2.05) is 13.8 Å². The molecule has 1 amide bonds. The van der Waals surface area contributed by atoms with E-state index < -0.39 is 0 Å². The van der Waals surface area contributed by atoms with Crippen LogP contribution in [0.5, 0.6) is 0 Å². The van der Waals surface area contributed by atoms with E-state index in [0.717, 1.165) is 12.8 Å². The van der Waals surface area contributed by atoms with Gasteiger partial charge in [0.25, 0.3) is 0 Å². The van der Waals surface area contributed by atoms with E-state index >= 15 is 0 Å². The lowest BCUT2D eigenvalue weighted by molar-refractivity contribution is -0.122. The molecule has 1 N–H and O–H groups in total. The third-order valence-electron chi connectivity index (χ3n) is 1.58. The Morgan fingerprint density at radius 1 is 1.64 bits per heavy atom. The van der Waals surface area contributed by atoms with Crippen molar-refractivity contribution in [1.29, 1.82) is 0 Å². The summed E-state index contributed by atoms with van der Waals surface area (Å²) >= 11 is 0. The van der Waals surface area contributed by atoms with Crippen molar-refractivity contribution in [3.63, 3.8) is 0 Å². The highest BCUT2D eigenvalue weighted by atomic mass is 16.1. The Morgan fingerprint density at radius 3 is 2.55 bits per heavy atom. The SMILES string of the molecule is [CH2]C(C)(C)CC(=O)NC1CC1. The van der Waals surface area contributed by atoms with Gasteiger partial charge in [-0.1, -0.05) is 13.8 Å². The molecule has 0 unspecified atom stereocenters. The summed E-state index contributed by atoms with van der Waals surface area (Å²) in [5.41, 5.74) is -0.126. The van der Waals surface area contributed by atoms with E-state index in [1.54, 1.807) is 0 Å². The smallest absolute Gasteiger partial charge is 0.220 e. The van der Waals surface area contributed by atoms with Gasteiger partial charge in [0, 0.05) is 12.5 Å². The molecule has 0 spiro atoms. The Labute approximate surface area is 68.4 Å². The van der Waals surface area contributed by atoms with Crippen LogP contribution in [0.2, 0.25) is 0 Å². The van der Waals surface area contributed by atoms with Crippen LogP contribution < -0.4 is 5.32 Å². The zero-order valence-electron chi connectivity index (χ0n) is 7.31. The number of hydrogen-bond donors (Lipinski definition) is 1. The Bertz CT molecular complexity index is 153. The fourth-order valence-electron chi connectivity index (χ4n) is 0.941. The lowest BCUT2D eigenvalue weighted by atomic mass is 9.92. The minimum atomic E-state index is -0.126. The second-order valence-corrected chi connectivity index (χ2v) is 4.18. The highest BCUT2D eigenvalue weighted by molar-refractivity contribution is 5.77. The van der Waals surface area contributed by atoms with E-state index in [4.69, 9.17) is 0 Å². The van der Waals surface area contributed by atoms with Crippen molar-refractivity contribution in [2.45, 2.75) is 39.2 Å². The maximum Gasteiger partial charge on any atom is 0.220 e. The highest BCUT2D eigenvalue weighted by Gasteiger charge is 2.25. The quantitative estimate of drug-likeness (QED) is 0.656. The van der Waals surface area contributed by atoms with Crippen molar-refractivity contribution in [1.82, 2.24) is 5.32 Å². The highest BCUT2D eigenvalue weighted by Crippen LogP contribution is 2.21. The largest absolute Gasteiger partial charge is 0.353 e. The lowest BCUT2D eigenvalue weighted by Crippen LogP contribution is -2.29. The van der Waals surface area contributed by atoms with E-state index in [1.165, 1.54) is 0 Å². The van der Waals surface area contributed by atoms with Crippen LogP contribution in [0.1, 0.15) is 33.1 Å². The zero-order valence-corrected chi connectivity index (χ0v) is 7.31. The van der Waals surface area contributed by atoms with E-state index in [0.29, 0.717) is 12.5 Å². The number of rotatable bonds is 3. The maximum absolute atomic E-state index is 11.2. The van der Waals surface area contributed by atoms with Crippen LogP contribution in [0.25, 0.3) is 0 Å². The minimum absolute atomic E-state index is 0.126. The first-order valence-electron chi connectivity index (χ1n) is 4.12. The van der Waals surface area contributed by atoms with Gasteiger partial charge in [-0.25, -0.2) is 0 Å². The summed E-state index contributed by atoms with van der Waals surface area (Å²) in [5.74, 6) is 0.146. The Kier molecular flexibility index (Phi) is 2.21. The van der Waals surface area contributed by atoms with Gasteiger partial charge in [-0.15, -0.1) is 0 Å². The average molecular weight is 154 g/mol.